The van der Waals surface area contributed by atoms with Crippen LogP contribution in [0.2, 0.25) is 0 Å². The summed E-state index contributed by atoms with van der Waals surface area (Å²) >= 11 is 1.48. The van der Waals surface area contributed by atoms with Gasteiger partial charge in [-0.15, -0.1) is 11.3 Å². The number of aromatic hydroxyl groups is 1. The number of rotatable bonds is 3. The van der Waals surface area contributed by atoms with Gasteiger partial charge in [0.15, 0.2) is 0 Å². The average Bonchev–Trinajstić information content (AvgIpc) is 2.81. The molecule has 2 rings (SSSR count). The Bertz CT molecular complexity index is 513. The zero-order valence-electron chi connectivity index (χ0n) is 9.20. The molecule has 0 radical (unpaired) electrons. The summed E-state index contributed by atoms with van der Waals surface area (Å²) in [5.41, 5.74) is 2.80. The van der Waals surface area contributed by atoms with E-state index in [-0.39, 0.29) is 17.2 Å². The quantitative estimate of drug-likeness (QED) is 0.895. The second-order valence-electron chi connectivity index (χ2n) is 3.53. The predicted octanol–water partition coefficient (Wildman–Crippen LogP) is 1.52. The van der Waals surface area contributed by atoms with E-state index in [4.69, 9.17) is 0 Å². The Morgan fingerprint density at radius 1 is 1.59 bits per heavy atom. The van der Waals surface area contributed by atoms with Crippen LogP contribution in [0.1, 0.15) is 16.1 Å². The van der Waals surface area contributed by atoms with Crippen molar-refractivity contribution < 1.29 is 9.90 Å². The first-order valence-corrected chi connectivity index (χ1v) is 5.88. The van der Waals surface area contributed by atoms with E-state index in [1.807, 2.05) is 5.38 Å². The zero-order valence-corrected chi connectivity index (χ0v) is 10.0. The molecule has 0 aliphatic rings. The van der Waals surface area contributed by atoms with Gasteiger partial charge in [-0.2, -0.15) is 0 Å². The molecule has 0 aliphatic heterocycles. The molecule has 2 aromatic rings. The van der Waals surface area contributed by atoms with Crippen LogP contribution in [0.15, 0.2) is 29.4 Å². The number of hydrogen-bond acceptors (Lipinski definition) is 5. The lowest BCUT2D eigenvalue weighted by Crippen LogP contribution is -2.26. The Balaban J connectivity index is 2.13. The number of carbonyl (C=O) groups excluding carboxylic acids is 1. The Kier molecular flexibility index (Phi) is 3.34. The van der Waals surface area contributed by atoms with Crippen molar-refractivity contribution in [2.75, 3.05) is 7.05 Å². The van der Waals surface area contributed by atoms with Gasteiger partial charge in [0, 0.05) is 18.6 Å². The van der Waals surface area contributed by atoms with Crippen LogP contribution < -0.4 is 0 Å². The Labute approximate surface area is 102 Å². The van der Waals surface area contributed by atoms with Crippen LogP contribution in [-0.4, -0.2) is 32.9 Å². The molecule has 5 nitrogen and oxygen atoms in total. The van der Waals surface area contributed by atoms with Gasteiger partial charge in [0.25, 0.3) is 5.91 Å². The van der Waals surface area contributed by atoms with Gasteiger partial charge in [-0.05, 0) is 6.07 Å². The second kappa shape index (κ2) is 4.92. The van der Waals surface area contributed by atoms with Crippen molar-refractivity contribution in [3.05, 3.63) is 40.6 Å². The molecule has 0 fully saturated rings. The van der Waals surface area contributed by atoms with Crippen LogP contribution in [0.25, 0.3) is 0 Å². The third-order valence-corrected chi connectivity index (χ3v) is 2.90. The van der Waals surface area contributed by atoms with Gasteiger partial charge in [-0.1, -0.05) is 0 Å². The minimum Gasteiger partial charge on any atom is -0.505 e. The Morgan fingerprint density at radius 3 is 3.06 bits per heavy atom. The van der Waals surface area contributed by atoms with Crippen molar-refractivity contribution in [3.8, 4) is 5.75 Å². The topological polar surface area (TPSA) is 66.3 Å². The predicted molar refractivity (Wildman–Crippen MR) is 63.8 cm³/mol. The van der Waals surface area contributed by atoms with Gasteiger partial charge in [0.2, 0.25) is 0 Å². The molecule has 0 aliphatic carbocycles. The molecule has 17 heavy (non-hydrogen) atoms. The largest absolute Gasteiger partial charge is 0.505 e. The summed E-state index contributed by atoms with van der Waals surface area (Å²) < 4.78 is 0. The summed E-state index contributed by atoms with van der Waals surface area (Å²) in [5, 5.41) is 11.4. The molecule has 0 unspecified atom stereocenters. The highest BCUT2D eigenvalue weighted by Gasteiger charge is 2.16. The summed E-state index contributed by atoms with van der Waals surface area (Å²) in [6, 6.07) is 1.50. The van der Waals surface area contributed by atoms with E-state index in [1.165, 1.54) is 34.7 Å². The highest BCUT2D eigenvalue weighted by atomic mass is 32.1. The zero-order chi connectivity index (χ0) is 12.3. The molecule has 0 aromatic carbocycles. The molecule has 0 saturated carbocycles. The van der Waals surface area contributed by atoms with Gasteiger partial charge >= 0.3 is 0 Å². The number of thiazole rings is 1. The van der Waals surface area contributed by atoms with Gasteiger partial charge in [-0.25, -0.2) is 4.98 Å². The van der Waals surface area contributed by atoms with Crippen molar-refractivity contribution in [1.29, 1.82) is 0 Å². The average molecular weight is 249 g/mol. The van der Waals surface area contributed by atoms with E-state index < -0.39 is 0 Å². The smallest absolute Gasteiger partial charge is 0.257 e. The Hall–Kier alpha value is -1.95. The number of pyridine rings is 1. The third kappa shape index (κ3) is 2.59. The van der Waals surface area contributed by atoms with E-state index in [2.05, 4.69) is 9.97 Å². The van der Waals surface area contributed by atoms with Crippen molar-refractivity contribution >= 4 is 17.2 Å². The molecule has 1 amide bonds. The molecular weight excluding hydrogens is 238 g/mol. The fourth-order valence-corrected chi connectivity index (χ4v) is 1.95. The van der Waals surface area contributed by atoms with Crippen molar-refractivity contribution in [2.45, 2.75) is 6.54 Å². The van der Waals surface area contributed by atoms with E-state index in [1.54, 1.807) is 12.6 Å². The molecule has 2 aromatic heterocycles. The lowest BCUT2D eigenvalue weighted by Gasteiger charge is -2.16. The molecule has 0 bridgehead atoms. The van der Waals surface area contributed by atoms with E-state index >= 15 is 0 Å². The van der Waals surface area contributed by atoms with Crippen LogP contribution in [0, 0.1) is 0 Å². The highest BCUT2D eigenvalue weighted by molar-refractivity contribution is 7.07. The van der Waals surface area contributed by atoms with Crippen LogP contribution in [0.4, 0.5) is 0 Å². The summed E-state index contributed by atoms with van der Waals surface area (Å²) in [5.74, 6) is -0.361. The van der Waals surface area contributed by atoms with Crippen molar-refractivity contribution in [3.63, 3.8) is 0 Å². The molecule has 1 N–H and O–H groups in total. The van der Waals surface area contributed by atoms with E-state index in [9.17, 15) is 9.90 Å². The van der Waals surface area contributed by atoms with E-state index in [0.717, 1.165) is 5.69 Å². The summed E-state index contributed by atoms with van der Waals surface area (Å²) in [7, 11) is 1.67. The lowest BCUT2D eigenvalue weighted by atomic mass is 10.2. The molecule has 2 heterocycles. The molecule has 6 heteroatoms. The monoisotopic (exact) mass is 249 g/mol. The number of aromatic nitrogens is 2. The van der Waals surface area contributed by atoms with Crippen molar-refractivity contribution in [1.82, 2.24) is 14.9 Å². The molecule has 0 atom stereocenters. The van der Waals surface area contributed by atoms with Crippen LogP contribution in [0.5, 0.6) is 5.75 Å². The first kappa shape index (κ1) is 11.5. The standard InChI is InChI=1S/C11H11N3O2S/c1-14(5-8-6-17-7-13-8)11(16)9-2-3-12-4-10(9)15/h2-4,6-7,15H,5H2,1H3. The molecular formula is C11H11N3O2S. The first-order chi connectivity index (χ1) is 8.18. The normalized spacial score (nSPS) is 10.2. The fourth-order valence-electron chi connectivity index (χ4n) is 1.40. The van der Waals surface area contributed by atoms with Crippen molar-refractivity contribution in [2.24, 2.45) is 0 Å². The number of nitrogens with zero attached hydrogens (tertiary/aromatic N) is 3. The number of amides is 1. The first-order valence-electron chi connectivity index (χ1n) is 4.94. The number of carbonyl (C=O) groups is 1. The molecule has 0 spiro atoms. The lowest BCUT2D eigenvalue weighted by molar-refractivity contribution is 0.0780. The second-order valence-corrected chi connectivity index (χ2v) is 4.25. The van der Waals surface area contributed by atoms with Gasteiger partial charge in [0.1, 0.15) is 5.75 Å². The van der Waals surface area contributed by atoms with Crippen LogP contribution in [-0.2, 0) is 6.54 Å². The minimum atomic E-state index is -0.252. The van der Waals surface area contributed by atoms with Crippen LogP contribution >= 0.6 is 11.3 Å². The van der Waals surface area contributed by atoms with Crippen LogP contribution in [0.3, 0.4) is 0 Å². The maximum absolute atomic E-state index is 12.0. The molecule has 88 valence electrons. The maximum atomic E-state index is 12.0. The fraction of sp³-hybridized carbons (Fsp3) is 0.182. The maximum Gasteiger partial charge on any atom is 0.257 e. The Morgan fingerprint density at radius 2 is 2.41 bits per heavy atom. The highest BCUT2D eigenvalue weighted by Crippen LogP contribution is 2.16. The van der Waals surface area contributed by atoms with Gasteiger partial charge in [0.05, 0.1) is 29.5 Å². The van der Waals surface area contributed by atoms with Gasteiger partial charge in [-0.3, -0.25) is 9.78 Å². The summed E-state index contributed by atoms with van der Waals surface area (Å²) in [4.78, 5) is 21.3. The summed E-state index contributed by atoms with van der Waals surface area (Å²) in [6.45, 7) is 0.421. The summed E-state index contributed by atoms with van der Waals surface area (Å²) in [6.07, 6.45) is 2.73. The number of hydrogen-bond donors (Lipinski definition) is 1. The SMILES string of the molecule is CN(Cc1cscn1)C(=O)c1ccncc1O. The third-order valence-electron chi connectivity index (χ3n) is 2.26. The minimum absolute atomic E-state index is 0.109. The molecule has 0 saturated heterocycles. The van der Waals surface area contributed by atoms with Gasteiger partial charge < -0.3 is 10.0 Å². The van der Waals surface area contributed by atoms with E-state index in [0.29, 0.717) is 6.54 Å².